The minimum Gasteiger partial charge on any atom is -0.326 e. The van der Waals surface area contributed by atoms with Crippen LogP contribution in [0.4, 0.5) is 5.69 Å². The molecule has 0 saturated heterocycles. The van der Waals surface area contributed by atoms with Crippen LogP contribution in [0, 0.1) is 5.92 Å². The van der Waals surface area contributed by atoms with Gasteiger partial charge in [-0.1, -0.05) is 24.3 Å². The number of hydrogen-bond donors (Lipinski definition) is 1. The number of allylic oxidation sites excluding steroid dienone is 2. The standard InChI is InChI=1S/C15H17NO2/c1-11(17)13-8-5-9-14(10-13)16-15(18)12-6-3-2-4-7-12/h2-3,5,8-10,12H,4,6-7H2,1H3,(H,16,18). The molecule has 3 nitrogen and oxygen atoms in total. The molecule has 0 aromatic heterocycles. The molecule has 1 aromatic carbocycles. The van der Waals surface area contributed by atoms with Gasteiger partial charge in [0.15, 0.2) is 5.78 Å². The van der Waals surface area contributed by atoms with Crippen LogP contribution in [0.1, 0.15) is 36.5 Å². The fourth-order valence-corrected chi connectivity index (χ4v) is 2.09. The summed E-state index contributed by atoms with van der Waals surface area (Å²) in [6, 6.07) is 7.07. The topological polar surface area (TPSA) is 46.2 Å². The lowest BCUT2D eigenvalue weighted by molar-refractivity contribution is -0.120. The molecule has 18 heavy (non-hydrogen) atoms. The Morgan fingerprint density at radius 3 is 2.78 bits per heavy atom. The Morgan fingerprint density at radius 1 is 1.28 bits per heavy atom. The summed E-state index contributed by atoms with van der Waals surface area (Å²) in [5.74, 6) is 0.0998. The van der Waals surface area contributed by atoms with Crippen LogP contribution in [-0.4, -0.2) is 11.7 Å². The molecule has 3 heteroatoms. The van der Waals surface area contributed by atoms with Crippen molar-refractivity contribution in [2.45, 2.75) is 26.2 Å². The molecule has 2 rings (SSSR count). The van der Waals surface area contributed by atoms with Crippen LogP contribution in [0.15, 0.2) is 36.4 Å². The first-order chi connectivity index (χ1) is 8.66. The first-order valence-electron chi connectivity index (χ1n) is 6.23. The molecule has 1 aliphatic carbocycles. The van der Waals surface area contributed by atoms with E-state index in [0.29, 0.717) is 11.3 Å². The van der Waals surface area contributed by atoms with Gasteiger partial charge in [-0.3, -0.25) is 9.59 Å². The average molecular weight is 243 g/mol. The maximum atomic E-state index is 12.0. The lowest BCUT2D eigenvalue weighted by atomic mass is 9.93. The van der Waals surface area contributed by atoms with Gasteiger partial charge >= 0.3 is 0 Å². The molecule has 1 atom stereocenters. The van der Waals surface area contributed by atoms with Gasteiger partial charge in [-0.15, -0.1) is 0 Å². The van der Waals surface area contributed by atoms with Crippen molar-refractivity contribution in [2.24, 2.45) is 5.92 Å². The molecule has 1 aliphatic rings. The van der Waals surface area contributed by atoms with Gasteiger partial charge in [0.25, 0.3) is 0 Å². The van der Waals surface area contributed by atoms with E-state index in [2.05, 4.69) is 17.5 Å². The van der Waals surface area contributed by atoms with E-state index in [-0.39, 0.29) is 17.6 Å². The van der Waals surface area contributed by atoms with Crippen LogP contribution >= 0.6 is 0 Å². The highest BCUT2D eigenvalue weighted by molar-refractivity contribution is 5.97. The fraction of sp³-hybridized carbons (Fsp3) is 0.333. The molecular weight excluding hydrogens is 226 g/mol. The number of anilines is 1. The van der Waals surface area contributed by atoms with E-state index in [9.17, 15) is 9.59 Å². The predicted molar refractivity (Wildman–Crippen MR) is 71.6 cm³/mol. The Hall–Kier alpha value is -1.90. The van der Waals surface area contributed by atoms with E-state index in [1.54, 1.807) is 18.2 Å². The second-order valence-corrected chi connectivity index (χ2v) is 4.61. The number of nitrogens with one attached hydrogen (secondary N) is 1. The van der Waals surface area contributed by atoms with Crippen molar-refractivity contribution in [3.05, 3.63) is 42.0 Å². The van der Waals surface area contributed by atoms with E-state index in [0.717, 1.165) is 19.3 Å². The van der Waals surface area contributed by atoms with Crippen LogP contribution in [0.2, 0.25) is 0 Å². The average Bonchev–Trinajstić information content (AvgIpc) is 2.40. The summed E-state index contributed by atoms with van der Waals surface area (Å²) in [5.41, 5.74) is 1.32. The van der Waals surface area contributed by atoms with Gasteiger partial charge < -0.3 is 5.32 Å². The predicted octanol–water partition coefficient (Wildman–Crippen LogP) is 3.18. The summed E-state index contributed by atoms with van der Waals surface area (Å²) >= 11 is 0. The smallest absolute Gasteiger partial charge is 0.227 e. The molecule has 0 heterocycles. The number of rotatable bonds is 3. The van der Waals surface area contributed by atoms with Crippen molar-refractivity contribution in [1.82, 2.24) is 0 Å². The SMILES string of the molecule is CC(=O)c1cccc(NC(=O)C2CC=CCC2)c1. The normalized spacial score (nSPS) is 18.4. The van der Waals surface area contributed by atoms with Crippen LogP contribution in [0.3, 0.4) is 0 Å². The molecular formula is C15H17NO2. The fourth-order valence-electron chi connectivity index (χ4n) is 2.09. The highest BCUT2D eigenvalue weighted by Crippen LogP contribution is 2.20. The quantitative estimate of drug-likeness (QED) is 0.654. The lowest BCUT2D eigenvalue weighted by Crippen LogP contribution is -2.23. The lowest BCUT2D eigenvalue weighted by Gasteiger charge is -2.17. The number of benzene rings is 1. The van der Waals surface area contributed by atoms with E-state index >= 15 is 0 Å². The van der Waals surface area contributed by atoms with E-state index in [1.807, 2.05) is 6.07 Å². The van der Waals surface area contributed by atoms with Gasteiger partial charge in [-0.25, -0.2) is 0 Å². The third kappa shape index (κ3) is 3.06. The van der Waals surface area contributed by atoms with E-state index in [1.165, 1.54) is 6.92 Å². The van der Waals surface area contributed by atoms with Crippen LogP contribution in [-0.2, 0) is 4.79 Å². The van der Waals surface area contributed by atoms with Gasteiger partial charge in [-0.05, 0) is 38.3 Å². The summed E-state index contributed by atoms with van der Waals surface area (Å²) in [5, 5.41) is 2.88. The Bertz CT molecular complexity index is 491. The largest absolute Gasteiger partial charge is 0.326 e. The van der Waals surface area contributed by atoms with Gasteiger partial charge in [0, 0.05) is 17.2 Å². The van der Waals surface area contributed by atoms with Gasteiger partial charge in [-0.2, -0.15) is 0 Å². The third-order valence-corrected chi connectivity index (χ3v) is 3.18. The molecule has 0 saturated carbocycles. The third-order valence-electron chi connectivity index (χ3n) is 3.18. The number of ketones is 1. The first kappa shape index (κ1) is 12.6. The van der Waals surface area contributed by atoms with Crippen molar-refractivity contribution >= 4 is 17.4 Å². The maximum absolute atomic E-state index is 12.0. The summed E-state index contributed by atoms with van der Waals surface area (Å²) < 4.78 is 0. The Morgan fingerprint density at radius 2 is 2.11 bits per heavy atom. The minimum atomic E-state index is 0.00620. The van der Waals surface area contributed by atoms with E-state index in [4.69, 9.17) is 0 Å². The molecule has 1 amide bonds. The molecule has 0 bridgehead atoms. The van der Waals surface area contributed by atoms with Crippen LogP contribution < -0.4 is 5.32 Å². The van der Waals surface area contributed by atoms with Crippen molar-refractivity contribution < 1.29 is 9.59 Å². The molecule has 94 valence electrons. The monoisotopic (exact) mass is 243 g/mol. The zero-order chi connectivity index (χ0) is 13.0. The Kier molecular flexibility index (Phi) is 3.92. The van der Waals surface area contributed by atoms with Crippen LogP contribution in [0.5, 0.6) is 0 Å². The highest BCUT2D eigenvalue weighted by atomic mass is 16.2. The molecule has 0 fully saturated rings. The first-order valence-corrected chi connectivity index (χ1v) is 6.23. The van der Waals surface area contributed by atoms with Crippen molar-refractivity contribution in [1.29, 1.82) is 0 Å². The summed E-state index contributed by atoms with van der Waals surface area (Å²) in [6.07, 6.45) is 6.83. The maximum Gasteiger partial charge on any atom is 0.227 e. The summed E-state index contributed by atoms with van der Waals surface area (Å²) in [7, 11) is 0. The molecule has 0 aliphatic heterocycles. The van der Waals surface area contributed by atoms with Crippen LogP contribution in [0.25, 0.3) is 0 Å². The minimum absolute atomic E-state index is 0.00620. The number of carbonyl (C=O) groups is 2. The summed E-state index contributed by atoms with van der Waals surface area (Å²) in [4.78, 5) is 23.3. The Balaban J connectivity index is 2.04. The second kappa shape index (κ2) is 5.63. The number of Topliss-reactive ketones (excluding diaryl/α,β-unsaturated/α-hetero) is 1. The molecule has 1 aromatic rings. The number of carbonyl (C=O) groups excluding carboxylic acids is 2. The summed E-state index contributed by atoms with van der Waals surface area (Å²) in [6.45, 7) is 1.52. The van der Waals surface area contributed by atoms with Gasteiger partial charge in [0.2, 0.25) is 5.91 Å². The molecule has 0 radical (unpaired) electrons. The van der Waals surface area contributed by atoms with Gasteiger partial charge in [0.05, 0.1) is 0 Å². The molecule has 1 unspecified atom stereocenters. The van der Waals surface area contributed by atoms with Crippen molar-refractivity contribution in [3.8, 4) is 0 Å². The molecule has 1 N–H and O–H groups in total. The Labute approximate surface area is 107 Å². The number of amides is 1. The highest BCUT2D eigenvalue weighted by Gasteiger charge is 2.18. The van der Waals surface area contributed by atoms with Gasteiger partial charge in [0.1, 0.15) is 0 Å². The van der Waals surface area contributed by atoms with Crippen molar-refractivity contribution in [3.63, 3.8) is 0 Å². The second-order valence-electron chi connectivity index (χ2n) is 4.61. The number of hydrogen-bond acceptors (Lipinski definition) is 2. The zero-order valence-electron chi connectivity index (χ0n) is 10.5. The molecule has 0 spiro atoms. The van der Waals surface area contributed by atoms with Crippen molar-refractivity contribution in [2.75, 3.05) is 5.32 Å². The van der Waals surface area contributed by atoms with E-state index < -0.39 is 0 Å². The zero-order valence-corrected chi connectivity index (χ0v) is 10.5.